The van der Waals surface area contributed by atoms with E-state index in [4.69, 9.17) is 4.74 Å². The third-order valence-electron chi connectivity index (χ3n) is 2.99. The number of nitrogens with one attached hydrogen (secondary N) is 1. The highest BCUT2D eigenvalue weighted by Gasteiger charge is 2.04. The van der Waals surface area contributed by atoms with E-state index in [1.165, 1.54) is 5.56 Å². The normalized spacial score (nSPS) is 10.3. The number of phenols is 1. The Hall–Kier alpha value is -2.16. The molecule has 0 bridgehead atoms. The first kappa shape index (κ1) is 14.3. The molecule has 0 heterocycles. The summed E-state index contributed by atoms with van der Waals surface area (Å²) < 4.78 is 5.77. The summed E-state index contributed by atoms with van der Waals surface area (Å²) in [5.74, 6) is 1.17. The van der Waals surface area contributed by atoms with Crippen molar-refractivity contribution in [2.75, 3.05) is 11.9 Å². The van der Waals surface area contributed by atoms with Gasteiger partial charge in [-0.1, -0.05) is 25.1 Å². The lowest BCUT2D eigenvalue weighted by Crippen LogP contribution is -2.03. The monoisotopic (exact) mass is 271 g/mol. The molecule has 0 unspecified atom stereocenters. The number of hydrogen-bond acceptors (Lipinski definition) is 3. The second-order valence-electron chi connectivity index (χ2n) is 4.87. The van der Waals surface area contributed by atoms with E-state index in [1.54, 1.807) is 12.1 Å². The molecule has 0 amide bonds. The fourth-order valence-corrected chi connectivity index (χ4v) is 1.97. The Labute approximate surface area is 120 Å². The summed E-state index contributed by atoms with van der Waals surface area (Å²) in [7, 11) is 0. The van der Waals surface area contributed by atoms with Gasteiger partial charge in [0.15, 0.2) is 0 Å². The number of anilines is 1. The van der Waals surface area contributed by atoms with Crippen LogP contribution in [0.15, 0.2) is 42.5 Å². The Morgan fingerprint density at radius 1 is 1.15 bits per heavy atom. The molecule has 2 N–H and O–H groups in total. The lowest BCUT2D eigenvalue weighted by atomic mass is 10.2. The first-order chi connectivity index (χ1) is 9.69. The number of ether oxygens (including phenoxy) is 1. The first-order valence-corrected chi connectivity index (χ1v) is 6.94. The molecular weight excluding hydrogens is 250 g/mol. The first-order valence-electron chi connectivity index (χ1n) is 6.94. The molecule has 0 aromatic heterocycles. The minimum absolute atomic E-state index is 0.288. The maximum Gasteiger partial charge on any atom is 0.142 e. The Balaban J connectivity index is 2.08. The van der Waals surface area contributed by atoms with E-state index < -0.39 is 0 Å². The van der Waals surface area contributed by atoms with Gasteiger partial charge in [0.2, 0.25) is 0 Å². The van der Waals surface area contributed by atoms with Crippen molar-refractivity contribution in [3.63, 3.8) is 0 Å². The summed E-state index contributed by atoms with van der Waals surface area (Å²) >= 11 is 0. The van der Waals surface area contributed by atoms with Crippen LogP contribution >= 0.6 is 0 Å². The zero-order chi connectivity index (χ0) is 14.4. The molecule has 0 fully saturated rings. The van der Waals surface area contributed by atoms with Crippen LogP contribution in [0.2, 0.25) is 0 Å². The molecule has 0 radical (unpaired) electrons. The minimum Gasteiger partial charge on any atom is -0.508 e. The van der Waals surface area contributed by atoms with Gasteiger partial charge in [-0.3, -0.25) is 0 Å². The second kappa shape index (κ2) is 6.85. The lowest BCUT2D eigenvalue weighted by molar-refractivity contribution is 0.318. The zero-order valence-corrected chi connectivity index (χ0v) is 12.0. The summed E-state index contributed by atoms with van der Waals surface area (Å²) in [6.07, 6.45) is 0.986. The van der Waals surface area contributed by atoms with Crippen LogP contribution < -0.4 is 10.1 Å². The van der Waals surface area contributed by atoms with Crippen molar-refractivity contribution < 1.29 is 9.84 Å². The van der Waals surface area contributed by atoms with Gasteiger partial charge in [-0.2, -0.15) is 0 Å². The van der Waals surface area contributed by atoms with Gasteiger partial charge in [0.1, 0.15) is 11.5 Å². The predicted molar refractivity (Wildman–Crippen MR) is 82.4 cm³/mol. The summed E-state index contributed by atoms with van der Waals surface area (Å²) in [5.41, 5.74) is 3.19. The van der Waals surface area contributed by atoms with Crippen LogP contribution in [0.5, 0.6) is 11.5 Å². The van der Waals surface area contributed by atoms with Gasteiger partial charge in [0.05, 0.1) is 12.3 Å². The number of phenolic OH excluding ortho intramolecular Hbond substituents is 1. The molecule has 0 spiro atoms. The van der Waals surface area contributed by atoms with Crippen LogP contribution in [0.3, 0.4) is 0 Å². The number of benzene rings is 2. The molecule has 3 heteroatoms. The molecular formula is C17H21NO2. The summed E-state index contributed by atoms with van der Waals surface area (Å²) in [4.78, 5) is 0. The minimum atomic E-state index is 0.288. The van der Waals surface area contributed by atoms with Gasteiger partial charge in [-0.25, -0.2) is 0 Å². The molecule has 3 nitrogen and oxygen atoms in total. The van der Waals surface area contributed by atoms with Gasteiger partial charge in [-0.15, -0.1) is 0 Å². The zero-order valence-electron chi connectivity index (χ0n) is 12.0. The largest absolute Gasteiger partial charge is 0.508 e. The Kier molecular flexibility index (Phi) is 4.88. The third kappa shape index (κ3) is 3.92. The van der Waals surface area contributed by atoms with Crippen molar-refractivity contribution in [1.29, 1.82) is 0 Å². The van der Waals surface area contributed by atoms with Crippen molar-refractivity contribution in [3.8, 4) is 11.5 Å². The highest BCUT2D eigenvalue weighted by atomic mass is 16.5. The number of hydrogen-bond donors (Lipinski definition) is 2. The van der Waals surface area contributed by atoms with E-state index in [2.05, 4.69) is 25.2 Å². The van der Waals surface area contributed by atoms with E-state index >= 15 is 0 Å². The van der Waals surface area contributed by atoms with E-state index in [1.807, 2.05) is 24.3 Å². The van der Waals surface area contributed by atoms with Crippen molar-refractivity contribution in [2.24, 2.45) is 0 Å². The van der Waals surface area contributed by atoms with Crippen LogP contribution in [-0.2, 0) is 6.54 Å². The van der Waals surface area contributed by atoms with E-state index in [9.17, 15) is 5.11 Å². The van der Waals surface area contributed by atoms with Gasteiger partial charge < -0.3 is 15.2 Å². The maximum absolute atomic E-state index is 9.46. The van der Waals surface area contributed by atoms with Crippen LogP contribution in [0, 0.1) is 6.92 Å². The fourth-order valence-electron chi connectivity index (χ4n) is 1.97. The summed E-state index contributed by atoms with van der Waals surface area (Å²) in [6.45, 7) is 5.51. The molecule has 0 atom stereocenters. The molecule has 2 rings (SSSR count). The van der Waals surface area contributed by atoms with Crippen molar-refractivity contribution in [2.45, 2.75) is 26.8 Å². The van der Waals surface area contributed by atoms with Crippen LogP contribution in [0.25, 0.3) is 0 Å². The number of aromatic hydroxyl groups is 1. The molecule has 2 aromatic rings. The summed E-state index contributed by atoms with van der Waals surface area (Å²) in [5, 5.41) is 12.8. The summed E-state index contributed by atoms with van der Waals surface area (Å²) in [6, 6.07) is 13.4. The van der Waals surface area contributed by atoms with Crippen LogP contribution in [-0.4, -0.2) is 11.7 Å². The van der Waals surface area contributed by atoms with Gasteiger partial charge in [0.25, 0.3) is 0 Å². The molecule has 0 aliphatic carbocycles. The van der Waals surface area contributed by atoms with E-state index in [0.29, 0.717) is 13.2 Å². The predicted octanol–water partition coefficient (Wildman–Crippen LogP) is 4.10. The highest BCUT2D eigenvalue weighted by Crippen LogP contribution is 2.26. The quantitative estimate of drug-likeness (QED) is 0.831. The molecule has 0 saturated heterocycles. The third-order valence-corrected chi connectivity index (χ3v) is 2.99. The van der Waals surface area contributed by atoms with E-state index in [0.717, 1.165) is 23.4 Å². The Morgan fingerprint density at radius 2 is 2.00 bits per heavy atom. The van der Waals surface area contributed by atoms with Crippen LogP contribution in [0.4, 0.5) is 5.69 Å². The highest BCUT2D eigenvalue weighted by molar-refractivity contribution is 5.58. The molecule has 20 heavy (non-hydrogen) atoms. The average molecular weight is 271 g/mol. The topological polar surface area (TPSA) is 41.5 Å². The molecule has 0 aliphatic heterocycles. The SMILES string of the molecule is CCCOc1cc(C)ccc1NCc1cccc(O)c1. The van der Waals surface area contributed by atoms with Gasteiger partial charge in [0, 0.05) is 6.54 Å². The van der Waals surface area contributed by atoms with Gasteiger partial charge >= 0.3 is 0 Å². The van der Waals surface area contributed by atoms with Crippen molar-refractivity contribution in [1.82, 2.24) is 0 Å². The Morgan fingerprint density at radius 3 is 2.75 bits per heavy atom. The Bertz CT molecular complexity index is 567. The fraction of sp³-hybridized carbons (Fsp3) is 0.294. The standard InChI is InChI=1S/C17H21NO2/c1-3-9-20-17-10-13(2)7-8-16(17)18-12-14-5-4-6-15(19)11-14/h4-8,10-11,18-19H,3,9,12H2,1-2H3. The lowest BCUT2D eigenvalue weighted by Gasteiger charge is -2.14. The number of rotatable bonds is 6. The number of aryl methyl sites for hydroxylation is 1. The smallest absolute Gasteiger partial charge is 0.142 e. The van der Waals surface area contributed by atoms with Gasteiger partial charge in [-0.05, 0) is 48.7 Å². The average Bonchev–Trinajstić information content (AvgIpc) is 2.44. The molecule has 106 valence electrons. The maximum atomic E-state index is 9.46. The van der Waals surface area contributed by atoms with Crippen molar-refractivity contribution >= 4 is 5.69 Å². The second-order valence-corrected chi connectivity index (χ2v) is 4.87. The molecule has 0 saturated carbocycles. The molecule has 2 aromatic carbocycles. The molecule has 0 aliphatic rings. The van der Waals surface area contributed by atoms with E-state index in [-0.39, 0.29) is 5.75 Å². The van der Waals surface area contributed by atoms with Crippen LogP contribution in [0.1, 0.15) is 24.5 Å². The van der Waals surface area contributed by atoms with Crippen molar-refractivity contribution in [3.05, 3.63) is 53.6 Å².